The van der Waals surface area contributed by atoms with Crippen LogP contribution in [0.5, 0.6) is 0 Å². The number of anilines is 2. The molecular formula is C16H19N3O2. The van der Waals surface area contributed by atoms with Gasteiger partial charge in [0, 0.05) is 43.6 Å². The van der Waals surface area contributed by atoms with Gasteiger partial charge in [0.05, 0.1) is 4.92 Å². The molecule has 0 amide bonds. The van der Waals surface area contributed by atoms with E-state index in [1.165, 1.54) is 6.07 Å². The molecule has 110 valence electrons. The zero-order valence-corrected chi connectivity index (χ0v) is 12.5. The molecule has 0 saturated heterocycles. The minimum atomic E-state index is -0.348. The standard InChI is InChI=1S/C16H19N3O2/c1-12-10-14(18(2)3)8-9-15(12)17-11-13-6-4-5-7-16(13)19(20)21/h4-10,17H,11H2,1-3H3. The van der Waals surface area contributed by atoms with Crippen molar-refractivity contribution in [2.24, 2.45) is 0 Å². The Morgan fingerprint density at radius 1 is 1.19 bits per heavy atom. The Kier molecular flexibility index (Phi) is 4.42. The monoisotopic (exact) mass is 285 g/mol. The van der Waals surface area contributed by atoms with Crippen molar-refractivity contribution in [1.29, 1.82) is 0 Å². The van der Waals surface area contributed by atoms with Crippen LogP contribution < -0.4 is 10.2 Å². The maximum absolute atomic E-state index is 11.0. The molecule has 2 aromatic carbocycles. The van der Waals surface area contributed by atoms with Crippen molar-refractivity contribution in [3.05, 3.63) is 63.7 Å². The molecule has 0 aromatic heterocycles. The normalized spacial score (nSPS) is 10.2. The fourth-order valence-corrected chi connectivity index (χ4v) is 2.15. The lowest BCUT2D eigenvalue weighted by Gasteiger charge is -2.16. The number of para-hydroxylation sites is 1. The van der Waals surface area contributed by atoms with Crippen LogP contribution in [0.2, 0.25) is 0 Å². The Morgan fingerprint density at radius 3 is 2.52 bits per heavy atom. The fourth-order valence-electron chi connectivity index (χ4n) is 2.15. The number of nitrogens with one attached hydrogen (secondary N) is 1. The minimum Gasteiger partial charge on any atom is -0.380 e. The van der Waals surface area contributed by atoms with Crippen molar-refractivity contribution in [1.82, 2.24) is 0 Å². The molecule has 2 rings (SSSR count). The van der Waals surface area contributed by atoms with Gasteiger partial charge in [-0.2, -0.15) is 0 Å². The van der Waals surface area contributed by atoms with E-state index in [4.69, 9.17) is 0 Å². The molecule has 5 nitrogen and oxygen atoms in total. The largest absolute Gasteiger partial charge is 0.380 e. The quantitative estimate of drug-likeness (QED) is 0.674. The van der Waals surface area contributed by atoms with Crippen LogP contribution in [-0.4, -0.2) is 19.0 Å². The average molecular weight is 285 g/mol. The third-order valence-corrected chi connectivity index (χ3v) is 3.38. The van der Waals surface area contributed by atoms with Gasteiger partial charge in [0.1, 0.15) is 0 Å². The van der Waals surface area contributed by atoms with Gasteiger partial charge in [0.15, 0.2) is 0 Å². The van der Waals surface area contributed by atoms with E-state index in [-0.39, 0.29) is 10.6 Å². The van der Waals surface area contributed by atoms with Crippen molar-refractivity contribution in [2.45, 2.75) is 13.5 Å². The summed E-state index contributed by atoms with van der Waals surface area (Å²) in [5.74, 6) is 0. The Labute approximate surface area is 124 Å². The first-order valence-electron chi connectivity index (χ1n) is 6.73. The van der Waals surface area contributed by atoms with E-state index in [1.807, 2.05) is 44.1 Å². The summed E-state index contributed by atoms with van der Waals surface area (Å²) >= 11 is 0. The van der Waals surface area contributed by atoms with Crippen LogP contribution in [0.1, 0.15) is 11.1 Å². The maximum atomic E-state index is 11.0. The number of hydrogen-bond donors (Lipinski definition) is 1. The first-order chi connectivity index (χ1) is 9.99. The summed E-state index contributed by atoms with van der Waals surface area (Å²) < 4.78 is 0. The molecule has 0 aliphatic rings. The summed E-state index contributed by atoms with van der Waals surface area (Å²) in [5.41, 5.74) is 4.05. The molecule has 0 saturated carbocycles. The molecule has 0 spiro atoms. The Morgan fingerprint density at radius 2 is 1.90 bits per heavy atom. The number of aryl methyl sites for hydroxylation is 1. The van der Waals surface area contributed by atoms with E-state index in [0.717, 1.165) is 16.9 Å². The van der Waals surface area contributed by atoms with Gasteiger partial charge in [-0.15, -0.1) is 0 Å². The van der Waals surface area contributed by atoms with Crippen molar-refractivity contribution in [3.63, 3.8) is 0 Å². The van der Waals surface area contributed by atoms with Crippen LogP contribution in [0, 0.1) is 17.0 Å². The number of nitrogens with zero attached hydrogens (tertiary/aromatic N) is 2. The molecular weight excluding hydrogens is 266 g/mol. The summed E-state index contributed by atoms with van der Waals surface area (Å²) in [7, 11) is 3.99. The Bertz CT molecular complexity index is 654. The zero-order valence-electron chi connectivity index (χ0n) is 12.5. The summed E-state index contributed by atoms with van der Waals surface area (Å²) in [6, 6.07) is 12.9. The predicted octanol–water partition coefficient (Wildman–Crippen LogP) is 3.58. The van der Waals surface area contributed by atoms with Crippen LogP contribution in [0.3, 0.4) is 0 Å². The predicted molar refractivity (Wildman–Crippen MR) is 85.9 cm³/mol. The highest BCUT2D eigenvalue weighted by molar-refractivity contribution is 5.60. The van der Waals surface area contributed by atoms with Crippen molar-refractivity contribution < 1.29 is 4.92 Å². The fraction of sp³-hybridized carbons (Fsp3) is 0.250. The molecule has 0 radical (unpaired) electrons. The molecule has 0 unspecified atom stereocenters. The molecule has 5 heteroatoms. The lowest BCUT2D eigenvalue weighted by atomic mass is 10.1. The second kappa shape index (κ2) is 6.26. The molecule has 0 aliphatic heterocycles. The Balaban J connectivity index is 2.15. The lowest BCUT2D eigenvalue weighted by molar-refractivity contribution is -0.385. The molecule has 0 heterocycles. The summed E-state index contributed by atoms with van der Waals surface area (Å²) in [5, 5.41) is 14.3. The molecule has 0 fully saturated rings. The van der Waals surface area contributed by atoms with Crippen LogP contribution in [0.25, 0.3) is 0 Å². The van der Waals surface area contributed by atoms with E-state index in [9.17, 15) is 10.1 Å². The summed E-state index contributed by atoms with van der Waals surface area (Å²) in [4.78, 5) is 12.7. The van der Waals surface area contributed by atoms with Gasteiger partial charge in [-0.1, -0.05) is 18.2 Å². The third kappa shape index (κ3) is 3.51. The second-order valence-electron chi connectivity index (χ2n) is 5.13. The highest BCUT2D eigenvalue weighted by atomic mass is 16.6. The van der Waals surface area contributed by atoms with Crippen LogP contribution in [0.15, 0.2) is 42.5 Å². The van der Waals surface area contributed by atoms with E-state index >= 15 is 0 Å². The van der Waals surface area contributed by atoms with Gasteiger partial charge < -0.3 is 10.2 Å². The van der Waals surface area contributed by atoms with E-state index < -0.39 is 0 Å². The van der Waals surface area contributed by atoms with Gasteiger partial charge in [-0.05, 0) is 30.7 Å². The minimum absolute atomic E-state index is 0.146. The van der Waals surface area contributed by atoms with Crippen molar-refractivity contribution in [2.75, 3.05) is 24.3 Å². The highest BCUT2D eigenvalue weighted by Crippen LogP contribution is 2.23. The molecule has 0 aliphatic carbocycles. The van der Waals surface area contributed by atoms with Crippen LogP contribution in [-0.2, 0) is 6.54 Å². The van der Waals surface area contributed by atoms with Crippen LogP contribution in [0.4, 0.5) is 17.1 Å². The topological polar surface area (TPSA) is 58.4 Å². The van der Waals surface area contributed by atoms with Gasteiger partial charge in [-0.25, -0.2) is 0 Å². The number of hydrogen-bond acceptors (Lipinski definition) is 4. The van der Waals surface area contributed by atoms with E-state index in [1.54, 1.807) is 12.1 Å². The number of nitro benzene ring substituents is 1. The van der Waals surface area contributed by atoms with Gasteiger partial charge >= 0.3 is 0 Å². The third-order valence-electron chi connectivity index (χ3n) is 3.38. The first kappa shape index (κ1) is 14.8. The number of nitro groups is 1. The summed E-state index contributed by atoms with van der Waals surface area (Å²) in [6.07, 6.45) is 0. The number of benzene rings is 2. The Hall–Kier alpha value is -2.56. The van der Waals surface area contributed by atoms with Crippen LogP contribution >= 0.6 is 0 Å². The smallest absolute Gasteiger partial charge is 0.274 e. The highest BCUT2D eigenvalue weighted by Gasteiger charge is 2.12. The molecule has 2 aromatic rings. The zero-order chi connectivity index (χ0) is 15.4. The SMILES string of the molecule is Cc1cc(N(C)C)ccc1NCc1ccccc1[N+](=O)[O-]. The van der Waals surface area contributed by atoms with Crippen molar-refractivity contribution >= 4 is 17.1 Å². The van der Waals surface area contributed by atoms with E-state index in [0.29, 0.717) is 12.1 Å². The lowest BCUT2D eigenvalue weighted by Crippen LogP contribution is -2.09. The van der Waals surface area contributed by atoms with Gasteiger partial charge in [0.25, 0.3) is 5.69 Å². The average Bonchev–Trinajstić information content (AvgIpc) is 2.46. The second-order valence-corrected chi connectivity index (χ2v) is 5.13. The molecule has 21 heavy (non-hydrogen) atoms. The van der Waals surface area contributed by atoms with Gasteiger partial charge in [0.2, 0.25) is 0 Å². The molecule has 0 atom stereocenters. The van der Waals surface area contributed by atoms with E-state index in [2.05, 4.69) is 11.4 Å². The molecule has 1 N–H and O–H groups in total. The summed E-state index contributed by atoms with van der Waals surface area (Å²) in [6.45, 7) is 2.45. The number of rotatable bonds is 5. The first-order valence-corrected chi connectivity index (χ1v) is 6.73. The molecule has 0 bridgehead atoms. The maximum Gasteiger partial charge on any atom is 0.274 e. The van der Waals surface area contributed by atoms with Crippen molar-refractivity contribution in [3.8, 4) is 0 Å². The van der Waals surface area contributed by atoms with Gasteiger partial charge in [-0.3, -0.25) is 10.1 Å².